The van der Waals surface area contributed by atoms with E-state index in [9.17, 15) is 0 Å². The third kappa shape index (κ3) is 4.39. The van der Waals surface area contributed by atoms with Crippen molar-refractivity contribution in [3.63, 3.8) is 0 Å². The first-order chi connectivity index (χ1) is 14.2. The van der Waals surface area contributed by atoms with Crippen molar-refractivity contribution in [2.45, 2.75) is 20.5 Å². The van der Waals surface area contributed by atoms with Gasteiger partial charge in [0.15, 0.2) is 11.5 Å². The number of hydrogen-bond donors (Lipinski definition) is 1. The molecule has 1 saturated heterocycles. The predicted molar refractivity (Wildman–Crippen MR) is 113 cm³/mol. The van der Waals surface area contributed by atoms with Crippen molar-refractivity contribution in [3.05, 3.63) is 41.3 Å². The van der Waals surface area contributed by atoms with Crippen molar-refractivity contribution in [2.24, 2.45) is 0 Å². The fraction of sp³-hybridized carbons (Fsp3) is 0.476. The lowest BCUT2D eigenvalue weighted by Gasteiger charge is -2.26. The molecule has 3 heterocycles. The van der Waals surface area contributed by atoms with E-state index in [0.29, 0.717) is 12.4 Å². The quantitative estimate of drug-likeness (QED) is 0.657. The lowest BCUT2D eigenvalue weighted by atomic mass is 10.2. The molecule has 0 saturated carbocycles. The second-order valence-corrected chi connectivity index (χ2v) is 7.33. The van der Waals surface area contributed by atoms with Crippen molar-refractivity contribution in [2.75, 3.05) is 51.8 Å². The molecule has 2 aromatic heterocycles. The van der Waals surface area contributed by atoms with Crippen LogP contribution in [0.3, 0.4) is 0 Å². The van der Waals surface area contributed by atoms with Gasteiger partial charge in [-0.05, 0) is 26.0 Å². The highest BCUT2D eigenvalue weighted by Crippen LogP contribution is 2.26. The molecule has 0 atom stereocenters. The molecule has 1 aliphatic heterocycles. The van der Waals surface area contributed by atoms with Crippen LogP contribution >= 0.6 is 0 Å². The van der Waals surface area contributed by atoms with Crippen LogP contribution in [0.4, 0.5) is 5.82 Å². The molecule has 8 nitrogen and oxygen atoms in total. The Bertz CT molecular complexity index is 963. The molecule has 154 valence electrons. The zero-order chi connectivity index (χ0) is 20.2. The largest absolute Gasteiger partial charge is 0.379 e. The number of rotatable bonds is 7. The second kappa shape index (κ2) is 8.86. The first-order valence-corrected chi connectivity index (χ1v) is 10.0. The molecule has 0 radical (unpaired) electrons. The van der Waals surface area contributed by atoms with Crippen molar-refractivity contribution in [1.29, 1.82) is 0 Å². The average Bonchev–Trinajstić information content (AvgIpc) is 3.06. The standard InChI is InChI=1S/C21H28N6O2/c1-15-4-6-17(7-5-15)27-21-19(16(2)25-27)20(23-18(24-21)14-28-3)22-8-9-26-10-12-29-13-11-26/h4-7H,8-14H2,1-3H3,(H,22,23,24). The summed E-state index contributed by atoms with van der Waals surface area (Å²) in [6, 6.07) is 8.28. The third-order valence-corrected chi connectivity index (χ3v) is 5.12. The van der Waals surface area contributed by atoms with Crippen molar-refractivity contribution in [3.8, 4) is 5.69 Å². The molecular formula is C21H28N6O2. The van der Waals surface area contributed by atoms with Crippen molar-refractivity contribution >= 4 is 16.9 Å². The Morgan fingerprint density at radius 1 is 1.10 bits per heavy atom. The summed E-state index contributed by atoms with van der Waals surface area (Å²) in [7, 11) is 1.65. The molecule has 0 amide bonds. The minimum Gasteiger partial charge on any atom is -0.379 e. The summed E-state index contributed by atoms with van der Waals surface area (Å²) in [4.78, 5) is 11.8. The molecule has 3 aromatic rings. The first-order valence-electron chi connectivity index (χ1n) is 10.0. The molecule has 1 N–H and O–H groups in total. The maximum atomic E-state index is 5.42. The van der Waals surface area contributed by atoms with Gasteiger partial charge in [0.05, 0.1) is 30.0 Å². The van der Waals surface area contributed by atoms with E-state index in [2.05, 4.69) is 41.4 Å². The summed E-state index contributed by atoms with van der Waals surface area (Å²) in [5, 5.41) is 9.21. The molecule has 1 fully saturated rings. The number of methoxy groups -OCH3 is 1. The Morgan fingerprint density at radius 2 is 1.86 bits per heavy atom. The first kappa shape index (κ1) is 19.8. The average molecular weight is 396 g/mol. The number of hydrogen-bond acceptors (Lipinski definition) is 7. The van der Waals surface area contributed by atoms with E-state index >= 15 is 0 Å². The van der Waals surface area contributed by atoms with E-state index in [0.717, 1.165) is 67.6 Å². The lowest BCUT2D eigenvalue weighted by molar-refractivity contribution is 0.0398. The Morgan fingerprint density at radius 3 is 2.59 bits per heavy atom. The van der Waals surface area contributed by atoms with Gasteiger partial charge in [-0.15, -0.1) is 0 Å². The van der Waals surface area contributed by atoms with E-state index in [1.807, 2.05) is 11.6 Å². The number of aromatic nitrogens is 4. The maximum Gasteiger partial charge on any atom is 0.169 e. The van der Waals surface area contributed by atoms with Crippen LogP contribution in [0.2, 0.25) is 0 Å². The van der Waals surface area contributed by atoms with Gasteiger partial charge < -0.3 is 14.8 Å². The number of aryl methyl sites for hydroxylation is 2. The van der Waals surface area contributed by atoms with E-state index < -0.39 is 0 Å². The zero-order valence-corrected chi connectivity index (χ0v) is 17.3. The van der Waals surface area contributed by atoms with Gasteiger partial charge in [0.2, 0.25) is 0 Å². The number of anilines is 1. The Balaban J connectivity index is 1.66. The molecule has 4 rings (SSSR count). The highest BCUT2D eigenvalue weighted by Gasteiger charge is 2.18. The summed E-state index contributed by atoms with van der Waals surface area (Å²) in [5.74, 6) is 1.45. The van der Waals surface area contributed by atoms with Crippen LogP contribution in [0, 0.1) is 13.8 Å². The van der Waals surface area contributed by atoms with Crippen molar-refractivity contribution < 1.29 is 9.47 Å². The van der Waals surface area contributed by atoms with Gasteiger partial charge in [-0.1, -0.05) is 17.7 Å². The topological polar surface area (TPSA) is 77.3 Å². The van der Waals surface area contributed by atoms with Gasteiger partial charge in [-0.3, -0.25) is 4.90 Å². The fourth-order valence-electron chi connectivity index (χ4n) is 3.57. The number of fused-ring (bicyclic) bond motifs is 1. The van der Waals surface area contributed by atoms with Gasteiger partial charge >= 0.3 is 0 Å². The molecular weight excluding hydrogens is 368 g/mol. The van der Waals surface area contributed by atoms with E-state index in [1.165, 1.54) is 5.56 Å². The van der Waals surface area contributed by atoms with Gasteiger partial charge in [0, 0.05) is 33.3 Å². The Hall–Kier alpha value is -2.55. The minimum atomic E-state index is 0.353. The molecule has 8 heteroatoms. The molecule has 0 aliphatic carbocycles. The van der Waals surface area contributed by atoms with Gasteiger partial charge in [-0.25, -0.2) is 14.6 Å². The van der Waals surface area contributed by atoms with Crippen LogP contribution in [0.5, 0.6) is 0 Å². The summed E-state index contributed by atoms with van der Waals surface area (Å²) < 4.78 is 12.6. The number of ether oxygens (including phenoxy) is 2. The highest BCUT2D eigenvalue weighted by molar-refractivity contribution is 5.90. The predicted octanol–water partition coefficient (Wildman–Crippen LogP) is 2.32. The summed E-state index contributed by atoms with van der Waals surface area (Å²) in [6.07, 6.45) is 0. The molecule has 0 bridgehead atoms. The summed E-state index contributed by atoms with van der Waals surface area (Å²) >= 11 is 0. The van der Waals surface area contributed by atoms with Crippen LogP contribution < -0.4 is 5.32 Å². The number of nitrogens with zero attached hydrogens (tertiary/aromatic N) is 5. The van der Waals surface area contributed by atoms with Gasteiger partial charge in [-0.2, -0.15) is 5.10 Å². The fourth-order valence-corrected chi connectivity index (χ4v) is 3.57. The Kier molecular flexibility index (Phi) is 6.03. The number of morpholine rings is 1. The van der Waals surface area contributed by atoms with Crippen molar-refractivity contribution in [1.82, 2.24) is 24.6 Å². The number of benzene rings is 1. The highest BCUT2D eigenvalue weighted by atomic mass is 16.5. The van der Waals surface area contributed by atoms with Crippen LogP contribution in [0.1, 0.15) is 17.1 Å². The SMILES string of the molecule is COCc1nc(NCCN2CCOCC2)c2c(C)nn(-c3ccc(C)cc3)c2n1. The molecule has 1 aromatic carbocycles. The summed E-state index contributed by atoms with van der Waals surface area (Å²) in [6.45, 7) is 9.72. The van der Waals surface area contributed by atoms with E-state index in [-0.39, 0.29) is 0 Å². The second-order valence-electron chi connectivity index (χ2n) is 7.33. The Labute approximate surface area is 170 Å². The maximum absolute atomic E-state index is 5.42. The third-order valence-electron chi connectivity index (χ3n) is 5.12. The molecule has 29 heavy (non-hydrogen) atoms. The lowest BCUT2D eigenvalue weighted by Crippen LogP contribution is -2.39. The van der Waals surface area contributed by atoms with Crippen LogP contribution in [0.15, 0.2) is 24.3 Å². The van der Waals surface area contributed by atoms with Crippen LogP contribution in [-0.2, 0) is 16.1 Å². The van der Waals surface area contributed by atoms with E-state index in [1.54, 1.807) is 7.11 Å². The summed E-state index contributed by atoms with van der Waals surface area (Å²) in [5.41, 5.74) is 3.89. The van der Waals surface area contributed by atoms with Crippen LogP contribution in [0.25, 0.3) is 16.7 Å². The zero-order valence-electron chi connectivity index (χ0n) is 17.3. The number of nitrogens with one attached hydrogen (secondary N) is 1. The smallest absolute Gasteiger partial charge is 0.169 e. The van der Waals surface area contributed by atoms with Gasteiger partial charge in [0.1, 0.15) is 12.4 Å². The normalized spacial score (nSPS) is 15.1. The van der Waals surface area contributed by atoms with Crippen LogP contribution in [-0.4, -0.2) is 71.2 Å². The monoisotopic (exact) mass is 396 g/mol. The molecule has 0 spiro atoms. The van der Waals surface area contributed by atoms with E-state index in [4.69, 9.17) is 24.5 Å². The van der Waals surface area contributed by atoms with Gasteiger partial charge in [0.25, 0.3) is 0 Å². The molecule has 0 unspecified atom stereocenters. The minimum absolute atomic E-state index is 0.353. The molecule has 1 aliphatic rings.